The van der Waals surface area contributed by atoms with E-state index in [0.717, 1.165) is 24.3 Å². The summed E-state index contributed by atoms with van der Waals surface area (Å²) in [7, 11) is 0. The van der Waals surface area contributed by atoms with Crippen LogP contribution in [0.2, 0.25) is 0 Å². The lowest BCUT2D eigenvalue weighted by Gasteiger charge is -2.09. The zero-order valence-corrected chi connectivity index (χ0v) is 9.53. The SMILES string of the molecule is O=C(O)C(=O)NCCOc1ccc(C(F)(F)F)cc1. The van der Waals surface area contributed by atoms with Crippen molar-refractivity contribution >= 4 is 11.9 Å². The highest BCUT2D eigenvalue weighted by Gasteiger charge is 2.29. The molecule has 1 amide bonds. The maximum Gasteiger partial charge on any atom is 0.416 e. The summed E-state index contributed by atoms with van der Waals surface area (Å²) in [5, 5.41) is 10.3. The van der Waals surface area contributed by atoms with Crippen LogP contribution >= 0.6 is 0 Å². The molecule has 0 unspecified atom stereocenters. The molecule has 0 aliphatic carbocycles. The fraction of sp³-hybridized carbons (Fsp3) is 0.273. The van der Waals surface area contributed by atoms with Gasteiger partial charge in [-0.25, -0.2) is 4.79 Å². The monoisotopic (exact) mass is 277 g/mol. The van der Waals surface area contributed by atoms with Gasteiger partial charge in [-0.1, -0.05) is 0 Å². The molecule has 1 rings (SSSR count). The minimum atomic E-state index is -4.41. The molecule has 0 aliphatic rings. The summed E-state index contributed by atoms with van der Waals surface area (Å²) in [6.07, 6.45) is -4.41. The molecule has 0 saturated carbocycles. The average molecular weight is 277 g/mol. The fourth-order valence-electron chi connectivity index (χ4n) is 1.15. The summed E-state index contributed by atoms with van der Waals surface area (Å²) < 4.78 is 41.8. The Balaban J connectivity index is 2.39. The molecule has 1 aromatic carbocycles. The van der Waals surface area contributed by atoms with Gasteiger partial charge in [-0.2, -0.15) is 13.2 Å². The molecule has 0 atom stereocenters. The van der Waals surface area contributed by atoms with Crippen LogP contribution in [0.4, 0.5) is 13.2 Å². The Labute approximate surface area is 106 Å². The Bertz CT molecular complexity index is 456. The van der Waals surface area contributed by atoms with Crippen molar-refractivity contribution < 1.29 is 32.6 Å². The Morgan fingerprint density at radius 2 is 1.79 bits per heavy atom. The molecule has 0 radical (unpaired) electrons. The molecule has 5 nitrogen and oxygen atoms in total. The van der Waals surface area contributed by atoms with Gasteiger partial charge in [0.05, 0.1) is 12.1 Å². The smallest absolute Gasteiger partial charge is 0.416 e. The minimum Gasteiger partial charge on any atom is -0.492 e. The third-order valence-electron chi connectivity index (χ3n) is 2.03. The molecule has 8 heteroatoms. The number of hydrogen-bond acceptors (Lipinski definition) is 3. The van der Waals surface area contributed by atoms with Gasteiger partial charge in [-0.05, 0) is 24.3 Å². The summed E-state index contributed by atoms with van der Waals surface area (Å²) in [4.78, 5) is 20.8. The van der Waals surface area contributed by atoms with Crippen molar-refractivity contribution in [3.63, 3.8) is 0 Å². The molecule has 0 aliphatic heterocycles. The number of amides is 1. The highest BCUT2D eigenvalue weighted by molar-refractivity contribution is 6.31. The Morgan fingerprint density at radius 3 is 2.26 bits per heavy atom. The van der Waals surface area contributed by atoms with Crippen LogP contribution in [-0.4, -0.2) is 30.1 Å². The predicted octanol–water partition coefficient (Wildman–Crippen LogP) is 1.29. The van der Waals surface area contributed by atoms with E-state index in [2.05, 4.69) is 0 Å². The molecule has 104 valence electrons. The Hall–Kier alpha value is -2.25. The zero-order chi connectivity index (χ0) is 14.5. The molecule has 2 N–H and O–H groups in total. The van der Waals surface area contributed by atoms with E-state index in [1.807, 2.05) is 5.32 Å². The highest BCUT2D eigenvalue weighted by atomic mass is 19.4. The number of rotatable bonds is 4. The summed E-state index contributed by atoms with van der Waals surface area (Å²) in [5.74, 6) is -2.59. The van der Waals surface area contributed by atoms with Crippen LogP contribution in [0.1, 0.15) is 5.56 Å². The molecule has 1 aromatic rings. The first kappa shape index (κ1) is 14.8. The van der Waals surface area contributed by atoms with Crippen LogP contribution in [0.5, 0.6) is 5.75 Å². The first-order valence-corrected chi connectivity index (χ1v) is 5.12. The van der Waals surface area contributed by atoms with Crippen molar-refractivity contribution in [2.45, 2.75) is 6.18 Å². The number of halogens is 3. The zero-order valence-electron chi connectivity index (χ0n) is 9.53. The van der Waals surface area contributed by atoms with E-state index in [9.17, 15) is 22.8 Å². The van der Waals surface area contributed by atoms with Gasteiger partial charge in [0, 0.05) is 0 Å². The van der Waals surface area contributed by atoms with Gasteiger partial charge in [-0.3, -0.25) is 4.79 Å². The molecule has 0 aromatic heterocycles. The van der Waals surface area contributed by atoms with Gasteiger partial charge in [0.1, 0.15) is 12.4 Å². The normalized spacial score (nSPS) is 10.9. The quantitative estimate of drug-likeness (QED) is 0.642. The van der Waals surface area contributed by atoms with Crippen LogP contribution in [-0.2, 0) is 15.8 Å². The van der Waals surface area contributed by atoms with E-state index in [1.165, 1.54) is 0 Å². The Kier molecular flexibility index (Phi) is 4.74. The van der Waals surface area contributed by atoms with Crippen molar-refractivity contribution in [1.82, 2.24) is 5.32 Å². The first-order valence-electron chi connectivity index (χ1n) is 5.12. The number of benzene rings is 1. The summed E-state index contributed by atoms with van der Waals surface area (Å²) in [6.45, 7) is -0.115. The second-order valence-electron chi connectivity index (χ2n) is 3.43. The van der Waals surface area contributed by atoms with E-state index in [0.29, 0.717) is 0 Å². The number of carbonyl (C=O) groups is 2. The number of hydrogen-bond donors (Lipinski definition) is 2. The molecule has 0 spiro atoms. The molecular weight excluding hydrogens is 267 g/mol. The van der Waals surface area contributed by atoms with Crippen molar-refractivity contribution in [1.29, 1.82) is 0 Å². The van der Waals surface area contributed by atoms with Crippen molar-refractivity contribution in [3.8, 4) is 5.75 Å². The number of alkyl halides is 3. The number of carboxylic acid groups (broad SMARTS) is 1. The van der Waals surface area contributed by atoms with Crippen LogP contribution in [0, 0.1) is 0 Å². The molecule has 0 bridgehead atoms. The summed E-state index contributed by atoms with van der Waals surface area (Å²) in [5.41, 5.74) is -0.793. The lowest BCUT2D eigenvalue weighted by molar-refractivity contribution is -0.150. The van der Waals surface area contributed by atoms with Gasteiger partial charge in [0.15, 0.2) is 0 Å². The van der Waals surface area contributed by atoms with Gasteiger partial charge in [0.2, 0.25) is 0 Å². The van der Waals surface area contributed by atoms with Gasteiger partial charge < -0.3 is 15.2 Å². The number of aliphatic carboxylic acids is 1. The second-order valence-corrected chi connectivity index (χ2v) is 3.43. The lowest BCUT2D eigenvalue weighted by Crippen LogP contribution is -2.33. The molecule has 0 fully saturated rings. The van der Waals surface area contributed by atoms with Crippen LogP contribution < -0.4 is 10.1 Å². The highest BCUT2D eigenvalue weighted by Crippen LogP contribution is 2.30. The van der Waals surface area contributed by atoms with Gasteiger partial charge >= 0.3 is 18.1 Å². The van der Waals surface area contributed by atoms with E-state index in [1.54, 1.807) is 0 Å². The molecule has 0 heterocycles. The third kappa shape index (κ3) is 4.86. The maximum atomic E-state index is 12.2. The standard InChI is InChI=1S/C11H10F3NO4/c12-11(13,14)7-1-3-8(4-2-7)19-6-5-15-9(16)10(17)18/h1-4H,5-6H2,(H,15,16)(H,17,18). The largest absolute Gasteiger partial charge is 0.492 e. The fourth-order valence-corrected chi connectivity index (χ4v) is 1.15. The number of nitrogens with one attached hydrogen (secondary N) is 1. The average Bonchev–Trinajstić information content (AvgIpc) is 2.33. The first-order chi connectivity index (χ1) is 8.80. The van der Waals surface area contributed by atoms with E-state index in [-0.39, 0.29) is 18.9 Å². The van der Waals surface area contributed by atoms with Crippen molar-refractivity contribution in [2.75, 3.05) is 13.2 Å². The number of carbonyl (C=O) groups excluding carboxylic acids is 1. The summed E-state index contributed by atoms with van der Waals surface area (Å²) in [6, 6.07) is 4.01. The lowest BCUT2D eigenvalue weighted by atomic mass is 10.2. The third-order valence-corrected chi connectivity index (χ3v) is 2.03. The van der Waals surface area contributed by atoms with Gasteiger partial charge in [-0.15, -0.1) is 0 Å². The predicted molar refractivity (Wildman–Crippen MR) is 57.6 cm³/mol. The molecule has 19 heavy (non-hydrogen) atoms. The molecular formula is C11H10F3NO4. The van der Waals surface area contributed by atoms with Gasteiger partial charge in [0.25, 0.3) is 0 Å². The van der Waals surface area contributed by atoms with E-state index < -0.39 is 23.6 Å². The van der Waals surface area contributed by atoms with Crippen LogP contribution in [0.25, 0.3) is 0 Å². The van der Waals surface area contributed by atoms with Crippen molar-refractivity contribution in [3.05, 3.63) is 29.8 Å². The number of ether oxygens (including phenoxy) is 1. The van der Waals surface area contributed by atoms with Crippen LogP contribution in [0.3, 0.4) is 0 Å². The topological polar surface area (TPSA) is 75.6 Å². The summed E-state index contributed by atoms with van der Waals surface area (Å²) >= 11 is 0. The maximum absolute atomic E-state index is 12.2. The Morgan fingerprint density at radius 1 is 1.21 bits per heavy atom. The van der Waals surface area contributed by atoms with Crippen LogP contribution in [0.15, 0.2) is 24.3 Å². The van der Waals surface area contributed by atoms with Crippen molar-refractivity contribution in [2.24, 2.45) is 0 Å². The minimum absolute atomic E-state index is 0.0512. The van der Waals surface area contributed by atoms with E-state index >= 15 is 0 Å². The number of carboxylic acids is 1. The second kappa shape index (κ2) is 6.07. The van der Waals surface area contributed by atoms with E-state index in [4.69, 9.17) is 9.84 Å². The molecule has 0 saturated heterocycles.